The lowest BCUT2D eigenvalue weighted by atomic mass is 10.0. The zero-order chi connectivity index (χ0) is 21.8. The van der Waals surface area contributed by atoms with Crippen LogP contribution < -0.4 is 10.1 Å². The van der Waals surface area contributed by atoms with Crippen LogP contribution in [0.4, 0.5) is 5.69 Å². The number of nitrogens with one attached hydrogen (secondary N) is 1. The highest BCUT2D eigenvalue weighted by Gasteiger charge is 2.40. The molecule has 31 heavy (non-hydrogen) atoms. The molecule has 4 rings (SSSR count). The van der Waals surface area contributed by atoms with Crippen molar-refractivity contribution in [3.05, 3.63) is 78.0 Å². The van der Waals surface area contributed by atoms with Gasteiger partial charge in [0.25, 0.3) is 11.8 Å². The van der Waals surface area contributed by atoms with Gasteiger partial charge in [-0.05, 0) is 23.9 Å². The predicted molar refractivity (Wildman–Crippen MR) is 121 cm³/mol. The summed E-state index contributed by atoms with van der Waals surface area (Å²) in [6.07, 6.45) is 0.564. The van der Waals surface area contributed by atoms with Gasteiger partial charge >= 0.3 is 0 Å². The predicted octanol–water partition coefficient (Wildman–Crippen LogP) is 4.08. The smallest absolute Gasteiger partial charge is 0.278 e. The molecule has 0 saturated heterocycles. The second kappa shape index (κ2) is 9.02. The third kappa shape index (κ3) is 3.90. The molecule has 0 bridgehead atoms. The van der Waals surface area contributed by atoms with E-state index in [2.05, 4.69) is 5.32 Å². The van der Waals surface area contributed by atoms with Crippen LogP contribution in [0.3, 0.4) is 0 Å². The Hall–Kier alpha value is -3.64. The first-order chi connectivity index (χ1) is 15.2. The number of anilines is 1. The van der Waals surface area contributed by atoms with Crippen LogP contribution in [0.5, 0.6) is 5.75 Å². The highest BCUT2D eigenvalue weighted by molar-refractivity contribution is 6.37. The van der Waals surface area contributed by atoms with Gasteiger partial charge in [-0.15, -0.1) is 0 Å². The molecular weight excluding hydrogens is 392 g/mol. The average Bonchev–Trinajstić information content (AvgIpc) is 3.03. The number of fused-ring (bicyclic) bond motifs is 1. The standard InChI is InChI=1S/C25H24N2O4/c1-30-16-8-15-27-24(28)22(19-12-5-6-14-21(19)31-2)23(25(27)29)26-20-13-7-10-17-9-3-4-11-18(17)20/h3-7,9-14,26H,8,15-16H2,1-2H3. The largest absolute Gasteiger partial charge is 0.496 e. The number of carbonyl (C=O) groups excluding carboxylic acids is 2. The van der Waals surface area contributed by atoms with Gasteiger partial charge in [0.2, 0.25) is 0 Å². The number of benzene rings is 3. The summed E-state index contributed by atoms with van der Waals surface area (Å²) in [5, 5.41) is 5.27. The number of para-hydroxylation sites is 1. The Morgan fingerprint density at radius 1 is 0.871 bits per heavy atom. The van der Waals surface area contributed by atoms with E-state index in [1.807, 2.05) is 54.6 Å². The summed E-state index contributed by atoms with van der Waals surface area (Å²) >= 11 is 0. The third-order valence-corrected chi connectivity index (χ3v) is 5.32. The Balaban J connectivity index is 1.82. The van der Waals surface area contributed by atoms with E-state index in [1.165, 1.54) is 4.90 Å². The summed E-state index contributed by atoms with van der Waals surface area (Å²) in [6, 6.07) is 21.0. The molecule has 2 amide bonds. The number of rotatable bonds is 8. The third-order valence-electron chi connectivity index (χ3n) is 5.32. The van der Waals surface area contributed by atoms with Crippen molar-refractivity contribution in [1.29, 1.82) is 0 Å². The lowest BCUT2D eigenvalue weighted by Gasteiger charge is -2.15. The summed E-state index contributed by atoms with van der Waals surface area (Å²) in [4.78, 5) is 28.0. The summed E-state index contributed by atoms with van der Waals surface area (Å²) in [5.41, 5.74) is 1.91. The summed E-state index contributed by atoms with van der Waals surface area (Å²) < 4.78 is 10.6. The summed E-state index contributed by atoms with van der Waals surface area (Å²) in [5.74, 6) is -0.155. The number of methoxy groups -OCH3 is 2. The first-order valence-electron chi connectivity index (χ1n) is 10.1. The minimum Gasteiger partial charge on any atom is -0.496 e. The molecule has 0 fully saturated rings. The van der Waals surface area contributed by atoms with Gasteiger partial charge in [-0.3, -0.25) is 14.5 Å². The maximum atomic E-state index is 13.4. The van der Waals surface area contributed by atoms with E-state index in [0.717, 1.165) is 16.5 Å². The van der Waals surface area contributed by atoms with Gasteiger partial charge in [-0.1, -0.05) is 54.6 Å². The lowest BCUT2D eigenvalue weighted by molar-refractivity contribution is -0.137. The Kier molecular flexibility index (Phi) is 6.00. The summed E-state index contributed by atoms with van der Waals surface area (Å²) in [7, 11) is 3.15. The van der Waals surface area contributed by atoms with E-state index in [-0.39, 0.29) is 24.1 Å². The average molecular weight is 416 g/mol. The molecule has 0 atom stereocenters. The van der Waals surface area contributed by atoms with E-state index in [9.17, 15) is 9.59 Å². The minimum absolute atomic E-state index is 0.253. The number of amides is 2. The number of hydrogen-bond acceptors (Lipinski definition) is 5. The number of carbonyl (C=O) groups is 2. The van der Waals surface area contributed by atoms with Crippen molar-refractivity contribution in [3.63, 3.8) is 0 Å². The Bertz CT molecular complexity index is 1160. The van der Waals surface area contributed by atoms with Crippen molar-refractivity contribution in [3.8, 4) is 5.75 Å². The van der Waals surface area contributed by atoms with Crippen LogP contribution in [0, 0.1) is 0 Å². The van der Waals surface area contributed by atoms with Crippen molar-refractivity contribution in [2.45, 2.75) is 6.42 Å². The van der Waals surface area contributed by atoms with Gasteiger partial charge in [0.05, 0.1) is 12.7 Å². The van der Waals surface area contributed by atoms with Gasteiger partial charge in [0.15, 0.2) is 0 Å². The van der Waals surface area contributed by atoms with Crippen LogP contribution in [0.25, 0.3) is 16.3 Å². The molecule has 158 valence electrons. The molecule has 6 nitrogen and oxygen atoms in total. The first-order valence-corrected chi connectivity index (χ1v) is 10.1. The topological polar surface area (TPSA) is 67.9 Å². The number of hydrogen-bond donors (Lipinski definition) is 1. The fourth-order valence-corrected chi connectivity index (χ4v) is 3.83. The van der Waals surface area contributed by atoms with Crippen molar-refractivity contribution < 1.29 is 19.1 Å². The monoisotopic (exact) mass is 416 g/mol. The maximum absolute atomic E-state index is 13.4. The molecular formula is C25H24N2O4. The van der Waals surface area contributed by atoms with Crippen LogP contribution in [0.1, 0.15) is 12.0 Å². The number of nitrogens with zero attached hydrogens (tertiary/aromatic N) is 1. The van der Waals surface area contributed by atoms with Crippen LogP contribution in [0.2, 0.25) is 0 Å². The number of ether oxygens (including phenoxy) is 2. The molecule has 0 saturated carbocycles. The van der Waals surface area contributed by atoms with Gasteiger partial charge in [0.1, 0.15) is 11.4 Å². The van der Waals surface area contributed by atoms with Crippen LogP contribution >= 0.6 is 0 Å². The molecule has 3 aromatic carbocycles. The van der Waals surface area contributed by atoms with E-state index in [4.69, 9.17) is 9.47 Å². The lowest BCUT2D eigenvalue weighted by Crippen LogP contribution is -2.33. The molecule has 0 aromatic heterocycles. The van der Waals surface area contributed by atoms with Gasteiger partial charge in [0, 0.05) is 36.9 Å². The highest BCUT2D eigenvalue weighted by atomic mass is 16.5. The van der Waals surface area contributed by atoms with Crippen LogP contribution in [-0.2, 0) is 14.3 Å². The summed E-state index contributed by atoms with van der Waals surface area (Å²) in [6.45, 7) is 0.748. The Labute approximate surface area is 181 Å². The molecule has 0 unspecified atom stereocenters. The van der Waals surface area contributed by atoms with Crippen molar-refractivity contribution in [2.24, 2.45) is 0 Å². The van der Waals surface area contributed by atoms with Crippen molar-refractivity contribution >= 4 is 33.8 Å². The zero-order valence-electron chi connectivity index (χ0n) is 17.6. The molecule has 6 heteroatoms. The van der Waals surface area contributed by atoms with E-state index >= 15 is 0 Å². The Morgan fingerprint density at radius 2 is 1.61 bits per heavy atom. The fraction of sp³-hybridized carbons (Fsp3) is 0.200. The fourth-order valence-electron chi connectivity index (χ4n) is 3.83. The molecule has 1 N–H and O–H groups in total. The van der Waals surface area contributed by atoms with Crippen molar-refractivity contribution in [2.75, 3.05) is 32.7 Å². The van der Waals surface area contributed by atoms with Gasteiger partial charge < -0.3 is 14.8 Å². The number of imide groups is 1. The second-order valence-corrected chi connectivity index (χ2v) is 7.21. The second-order valence-electron chi connectivity index (χ2n) is 7.21. The zero-order valence-corrected chi connectivity index (χ0v) is 17.6. The molecule has 1 aliphatic heterocycles. The van der Waals surface area contributed by atoms with Crippen LogP contribution in [-0.4, -0.2) is 44.1 Å². The van der Waals surface area contributed by atoms with E-state index in [1.54, 1.807) is 26.4 Å². The molecule has 1 aliphatic rings. The van der Waals surface area contributed by atoms with E-state index in [0.29, 0.717) is 29.9 Å². The van der Waals surface area contributed by atoms with Crippen LogP contribution in [0.15, 0.2) is 72.4 Å². The molecule has 0 aliphatic carbocycles. The maximum Gasteiger partial charge on any atom is 0.278 e. The quantitative estimate of drug-likeness (QED) is 0.443. The molecule has 3 aromatic rings. The normalized spacial score (nSPS) is 13.9. The van der Waals surface area contributed by atoms with Crippen molar-refractivity contribution in [1.82, 2.24) is 4.90 Å². The van der Waals surface area contributed by atoms with E-state index < -0.39 is 0 Å². The molecule has 0 radical (unpaired) electrons. The van der Waals surface area contributed by atoms with Gasteiger partial charge in [-0.2, -0.15) is 0 Å². The molecule has 0 spiro atoms. The first kappa shape index (κ1) is 20.6. The SMILES string of the molecule is COCCCN1C(=O)C(Nc2cccc3ccccc23)=C(c2ccccc2OC)C1=O. The minimum atomic E-state index is -0.352. The van der Waals surface area contributed by atoms with Gasteiger partial charge in [-0.25, -0.2) is 0 Å². The highest BCUT2D eigenvalue weighted by Crippen LogP contribution is 2.36. The Morgan fingerprint density at radius 3 is 2.42 bits per heavy atom. The molecule has 1 heterocycles.